The van der Waals surface area contributed by atoms with Crippen LogP contribution >= 0.6 is 39.0 Å². The molecule has 0 saturated heterocycles. The SMILES string of the molecule is CCc1cc2c(Sc3cccc(Br)c3)nc(NN)nc2s1. The summed E-state index contributed by atoms with van der Waals surface area (Å²) in [5, 5.41) is 2.00. The van der Waals surface area contributed by atoms with Crippen LogP contribution < -0.4 is 11.3 Å². The monoisotopic (exact) mass is 380 g/mol. The van der Waals surface area contributed by atoms with Crippen LogP contribution in [-0.4, -0.2) is 9.97 Å². The quantitative estimate of drug-likeness (QED) is 0.397. The Morgan fingerprint density at radius 3 is 2.90 bits per heavy atom. The molecule has 0 aliphatic carbocycles. The van der Waals surface area contributed by atoms with Crippen molar-refractivity contribution in [2.45, 2.75) is 23.3 Å². The van der Waals surface area contributed by atoms with Gasteiger partial charge in [0.25, 0.3) is 0 Å². The lowest BCUT2D eigenvalue weighted by molar-refractivity contribution is 1.08. The highest BCUT2D eigenvalue weighted by atomic mass is 79.9. The van der Waals surface area contributed by atoms with Gasteiger partial charge in [-0.3, -0.25) is 5.43 Å². The Bertz CT molecular complexity index is 788. The Labute approximate surface area is 139 Å². The molecule has 7 heteroatoms. The van der Waals surface area contributed by atoms with Crippen molar-refractivity contribution in [1.82, 2.24) is 9.97 Å². The van der Waals surface area contributed by atoms with E-state index in [9.17, 15) is 0 Å². The number of rotatable bonds is 4. The maximum Gasteiger partial charge on any atom is 0.239 e. The number of anilines is 1. The molecule has 0 amide bonds. The highest BCUT2D eigenvalue weighted by Gasteiger charge is 2.12. The molecule has 0 aliphatic rings. The van der Waals surface area contributed by atoms with Crippen molar-refractivity contribution in [2.24, 2.45) is 5.84 Å². The van der Waals surface area contributed by atoms with Crippen LogP contribution in [0.2, 0.25) is 0 Å². The molecule has 108 valence electrons. The van der Waals surface area contributed by atoms with E-state index in [0.29, 0.717) is 5.95 Å². The summed E-state index contributed by atoms with van der Waals surface area (Å²) in [6.07, 6.45) is 0.993. The van der Waals surface area contributed by atoms with Gasteiger partial charge in [0.15, 0.2) is 0 Å². The molecule has 0 unspecified atom stereocenters. The smallest absolute Gasteiger partial charge is 0.239 e. The summed E-state index contributed by atoms with van der Waals surface area (Å²) in [4.78, 5) is 12.3. The fourth-order valence-electron chi connectivity index (χ4n) is 1.90. The third kappa shape index (κ3) is 3.21. The number of nitrogens with one attached hydrogen (secondary N) is 1. The van der Waals surface area contributed by atoms with E-state index < -0.39 is 0 Å². The lowest BCUT2D eigenvalue weighted by Crippen LogP contribution is -2.10. The second-order valence-corrected chi connectivity index (χ2v) is 7.43. The van der Waals surface area contributed by atoms with Gasteiger partial charge >= 0.3 is 0 Å². The van der Waals surface area contributed by atoms with Crippen molar-refractivity contribution in [2.75, 3.05) is 5.43 Å². The molecule has 0 fully saturated rings. The summed E-state index contributed by atoms with van der Waals surface area (Å²) >= 11 is 6.79. The average molecular weight is 381 g/mol. The van der Waals surface area contributed by atoms with Gasteiger partial charge in [-0.2, -0.15) is 0 Å². The fraction of sp³-hybridized carbons (Fsp3) is 0.143. The van der Waals surface area contributed by atoms with Gasteiger partial charge in [0.2, 0.25) is 5.95 Å². The molecule has 0 aliphatic heterocycles. The van der Waals surface area contributed by atoms with Gasteiger partial charge in [-0.05, 0) is 30.7 Å². The number of hydrogen-bond acceptors (Lipinski definition) is 6. The van der Waals surface area contributed by atoms with Crippen LogP contribution in [0.4, 0.5) is 5.95 Å². The van der Waals surface area contributed by atoms with E-state index in [2.05, 4.69) is 56.4 Å². The standard InChI is InChI=1S/C14H13BrN4S2/c1-2-9-7-11-12(20-9)17-14(19-16)18-13(11)21-10-5-3-4-8(15)6-10/h3-7H,2,16H2,1H3,(H,17,18,19). The molecule has 1 aromatic carbocycles. The topological polar surface area (TPSA) is 63.8 Å². The number of nitrogen functional groups attached to an aromatic ring is 1. The molecule has 0 radical (unpaired) electrons. The third-order valence-electron chi connectivity index (χ3n) is 2.90. The molecule has 4 nitrogen and oxygen atoms in total. The van der Waals surface area contributed by atoms with Crippen LogP contribution in [-0.2, 0) is 6.42 Å². The maximum absolute atomic E-state index is 5.48. The number of benzene rings is 1. The first-order chi connectivity index (χ1) is 10.2. The molecule has 2 heterocycles. The molecular formula is C14H13BrN4S2. The van der Waals surface area contributed by atoms with E-state index in [-0.39, 0.29) is 0 Å². The zero-order valence-corrected chi connectivity index (χ0v) is 14.5. The van der Waals surface area contributed by atoms with Crippen molar-refractivity contribution < 1.29 is 0 Å². The number of hydrazine groups is 1. The van der Waals surface area contributed by atoms with E-state index in [1.165, 1.54) is 4.88 Å². The van der Waals surface area contributed by atoms with Crippen LogP contribution in [0.5, 0.6) is 0 Å². The first-order valence-corrected chi connectivity index (χ1v) is 8.82. The van der Waals surface area contributed by atoms with E-state index in [0.717, 1.165) is 31.0 Å². The summed E-state index contributed by atoms with van der Waals surface area (Å²) in [6.45, 7) is 2.14. The number of halogens is 1. The minimum Gasteiger partial charge on any atom is -0.292 e. The minimum absolute atomic E-state index is 0.449. The summed E-state index contributed by atoms with van der Waals surface area (Å²) in [7, 11) is 0. The Hall–Kier alpha value is -1.15. The molecule has 0 saturated carbocycles. The predicted octanol–water partition coefficient (Wildman–Crippen LogP) is 4.45. The summed E-state index contributed by atoms with van der Waals surface area (Å²) in [5.74, 6) is 5.93. The number of nitrogens with two attached hydrogens (primary N) is 1. The molecule has 0 bridgehead atoms. The van der Waals surface area contributed by atoms with Crippen LogP contribution in [0.3, 0.4) is 0 Å². The van der Waals surface area contributed by atoms with E-state index in [1.807, 2.05) is 12.1 Å². The van der Waals surface area contributed by atoms with E-state index in [1.54, 1.807) is 23.1 Å². The number of hydrogen-bond donors (Lipinski definition) is 2. The molecule has 2 aromatic heterocycles. The number of aromatic nitrogens is 2. The molecular weight excluding hydrogens is 368 g/mol. The molecule has 0 spiro atoms. The Kier molecular flexibility index (Phi) is 4.44. The molecule has 0 atom stereocenters. The van der Waals surface area contributed by atoms with Crippen molar-refractivity contribution >= 4 is 55.2 Å². The van der Waals surface area contributed by atoms with Crippen LogP contribution in [0.1, 0.15) is 11.8 Å². The second-order valence-electron chi connectivity index (χ2n) is 4.34. The predicted molar refractivity (Wildman–Crippen MR) is 92.9 cm³/mol. The van der Waals surface area contributed by atoms with Gasteiger partial charge in [-0.1, -0.05) is 40.7 Å². The molecule has 21 heavy (non-hydrogen) atoms. The highest BCUT2D eigenvalue weighted by Crippen LogP contribution is 2.36. The lowest BCUT2D eigenvalue weighted by atomic mass is 10.3. The van der Waals surface area contributed by atoms with Gasteiger partial charge in [0.05, 0.1) is 0 Å². The molecule has 3 aromatic rings. The van der Waals surface area contributed by atoms with Gasteiger partial charge < -0.3 is 0 Å². The number of fused-ring (bicyclic) bond motifs is 1. The largest absolute Gasteiger partial charge is 0.292 e. The summed E-state index contributed by atoms with van der Waals surface area (Å²) in [5.41, 5.74) is 2.55. The van der Waals surface area contributed by atoms with E-state index >= 15 is 0 Å². The Balaban J connectivity index is 2.09. The minimum atomic E-state index is 0.449. The van der Waals surface area contributed by atoms with Crippen LogP contribution in [0.15, 0.2) is 44.7 Å². The average Bonchev–Trinajstić information content (AvgIpc) is 2.90. The zero-order chi connectivity index (χ0) is 14.8. The fourth-order valence-corrected chi connectivity index (χ4v) is 4.44. The molecule has 3 rings (SSSR count). The summed E-state index contributed by atoms with van der Waals surface area (Å²) < 4.78 is 1.05. The Morgan fingerprint density at radius 1 is 1.33 bits per heavy atom. The van der Waals surface area contributed by atoms with Crippen molar-refractivity contribution in [3.63, 3.8) is 0 Å². The number of nitrogens with zero attached hydrogens (tertiary/aromatic N) is 2. The number of thiophene rings is 1. The van der Waals surface area contributed by atoms with E-state index in [4.69, 9.17) is 5.84 Å². The lowest BCUT2D eigenvalue weighted by Gasteiger charge is -2.05. The van der Waals surface area contributed by atoms with Crippen molar-refractivity contribution in [3.8, 4) is 0 Å². The first kappa shape index (κ1) is 14.8. The number of aryl methyl sites for hydroxylation is 1. The highest BCUT2D eigenvalue weighted by molar-refractivity contribution is 9.10. The summed E-state index contributed by atoms with van der Waals surface area (Å²) in [6, 6.07) is 10.3. The maximum atomic E-state index is 5.48. The van der Waals surface area contributed by atoms with Gasteiger partial charge in [0, 0.05) is 19.6 Å². The second kappa shape index (κ2) is 6.31. The van der Waals surface area contributed by atoms with Gasteiger partial charge in [0.1, 0.15) is 9.86 Å². The normalized spacial score (nSPS) is 11.0. The van der Waals surface area contributed by atoms with Gasteiger partial charge in [-0.25, -0.2) is 15.8 Å². The van der Waals surface area contributed by atoms with Crippen molar-refractivity contribution in [1.29, 1.82) is 0 Å². The third-order valence-corrected chi connectivity index (χ3v) is 5.56. The first-order valence-electron chi connectivity index (χ1n) is 6.40. The Morgan fingerprint density at radius 2 is 2.19 bits per heavy atom. The van der Waals surface area contributed by atoms with Crippen molar-refractivity contribution in [3.05, 3.63) is 39.7 Å². The van der Waals surface area contributed by atoms with Crippen LogP contribution in [0.25, 0.3) is 10.2 Å². The zero-order valence-electron chi connectivity index (χ0n) is 11.3. The van der Waals surface area contributed by atoms with Crippen LogP contribution in [0, 0.1) is 0 Å². The van der Waals surface area contributed by atoms with Gasteiger partial charge in [-0.15, -0.1) is 11.3 Å². The molecule has 3 N–H and O–H groups in total.